The highest BCUT2D eigenvalue weighted by Gasteiger charge is 2.43. The second-order valence-electron chi connectivity index (χ2n) is 4.86. The highest BCUT2D eigenvalue weighted by Crippen LogP contribution is 2.41. The van der Waals surface area contributed by atoms with Crippen molar-refractivity contribution in [1.29, 1.82) is 0 Å². The molecule has 3 nitrogen and oxygen atoms in total. The van der Waals surface area contributed by atoms with Gasteiger partial charge in [0.15, 0.2) is 2.14 Å². The van der Waals surface area contributed by atoms with Gasteiger partial charge in [0.2, 0.25) is 0 Å². The van der Waals surface area contributed by atoms with Crippen LogP contribution in [0.15, 0.2) is 30.5 Å². The lowest BCUT2D eigenvalue weighted by Crippen LogP contribution is -2.25. The highest BCUT2D eigenvalue weighted by molar-refractivity contribution is 9.39. The zero-order chi connectivity index (χ0) is 17.3. The van der Waals surface area contributed by atoms with E-state index in [1.54, 1.807) is 24.3 Å². The Bertz CT molecular complexity index is 694. The van der Waals surface area contributed by atoms with Crippen LogP contribution < -0.4 is 0 Å². The third kappa shape index (κ3) is 5.22. The van der Waals surface area contributed by atoms with Crippen LogP contribution in [0.3, 0.4) is 0 Å². The summed E-state index contributed by atoms with van der Waals surface area (Å²) in [6.45, 7) is -0.162. The first-order chi connectivity index (χ1) is 10.6. The zero-order valence-electron chi connectivity index (χ0n) is 11.5. The molecule has 23 heavy (non-hydrogen) atoms. The highest BCUT2D eigenvalue weighted by atomic mass is 80.0. The number of carbonyl (C=O) groups excluding carboxylic acids is 1. The number of hydrogen-bond donors (Lipinski definition) is 1. The smallest absolute Gasteiger partial charge is 0.396 e. The van der Waals surface area contributed by atoms with Crippen molar-refractivity contribution in [2.45, 2.75) is 20.7 Å². The minimum Gasteiger partial charge on any atom is -0.462 e. The molecule has 1 atom stereocenters. The number of nitrogens with one attached hydrogen (secondary N) is 1. The van der Waals surface area contributed by atoms with Gasteiger partial charge < -0.3 is 9.72 Å². The maximum atomic E-state index is 13.4. The SMILES string of the molecule is O=C(CC(c1c[nH]c2ccccc12)C(F)(F)F)OCC(Br)(Br)Br. The van der Waals surface area contributed by atoms with E-state index in [-0.39, 0.29) is 12.2 Å². The monoisotopic (exact) mass is 519 g/mol. The van der Waals surface area contributed by atoms with Gasteiger partial charge in [-0.05, 0) is 11.6 Å². The third-order valence-corrected chi connectivity index (χ3v) is 3.85. The summed E-state index contributed by atoms with van der Waals surface area (Å²) >= 11 is 9.34. The van der Waals surface area contributed by atoms with Gasteiger partial charge in [-0.15, -0.1) is 0 Å². The molecule has 1 N–H and O–H groups in total. The normalized spacial score (nSPS) is 14.0. The second-order valence-corrected chi connectivity index (χ2v) is 12.1. The number of rotatable bonds is 4. The Morgan fingerprint density at radius 3 is 2.48 bits per heavy atom. The van der Waals surface area contributed by atoms with Crippen LogP contribution in [0.5, 0.6) is 0 Å². The average molecular weight is 522 g/mol. The number of benzene rings is 1. The Morgan fingerprint density at radius 1 is 1.22 bits per heavy atom. The van der Waals surface area contributed by atoms with Crippen LogP contribution in [0.2, 0.25) is 0 Å². The summed E-state index contributed by atoms with van der Waals surface area (Å²) in [5.41, 5.74) is 0.623. The maximum Gasteiger partial charge on any atom is 0.396 e. The molecule has 1 aromatic carbocycles. The molecule has 0 aliphatic carbocycles. The van der Waals surface area contributed by atoms with Gasteiger partial charge in [-0.25, -0.2) is 0 Å². The summed E-state index contributed by atoms with van der Waals surface area (Å²) in [6.07, 6.45) is -4.05. The first-order valence-electron chi connectivity index (χ1n) is 6.43. The van der Waals surface area contributed by atoms with Gasteiger partial charge in [-0.3, -0.25) is 4.79 Å². The standard InChI is InChI=1S/C14H11Br3F3NO2/c15-13(16,17)7-23-12(22)5-10(14(18,19)20)9-6-21-11-4-2-1-3-8(9)11/h1-4,6,10,21H,5,7H2. The van der Waals surface area contributed by atoms with Crippen LogP contribution in [-0.4, -0.2) is 25.9 Å². The largest absolute Gasteiger partial charge is 0.462 e. The van der Waals surface area contributed by atoms with Crippen LogP contribution in [0.25, 0.3) is 10.9 Å². The van der Waals surface area contributed by atoms with E-state index in [4.69, 9.17) is 4.74 Å². The number of esters is 1. The summed E-state index contributed by atoms with van der Waals surface area (Å²) in [5, 5.41) is 0.443. The van der Waals surface area contributed by atoms with Crippen LogP contribution in [0, 0.1) is 0 Å². The molecule has 0 saturated heterocycles. The van der Waals surface area contributed by atoms with Crippen molar-refractivity contribution in [3.8, 4) is 0 Å². The van der Waals surface area contributed by atoms with Gasteiger partial charge in [0.05, 0.1) is 12.3 Å². The number of alkyl halides is 6. The molecule has 0 fully saturated rings. The molecule has 9 heteroatoms. The number of hydrogen-bond acceptors (Lipinski definition) is 2. The Kier molecular flexibility index (Phi) is 5.84. The summed E-state index contributed by atoms with van der Waals surface area (Å²) in [5.74, 6) is -2.86. The molecule has 1 heterocycles. The first-order valence-corrected chi connectivity index (χ1v) is 8.81. The molecule has 2 rings (SSSR count). The quantitative estimate of drug-likeness (QED) is 0.421. The van der Waals surface area contributed by atoms with Gasteiger partial charge in [-0.2, -0.15) is 13.2 Å². The fraction of sp³-hybridized carbons (Fsp3) is 0.357. The predicted molar refractivity (Wildman–Crippen MR) is 92.2 cm³/mol. The van der Waals surface area contributed by atoms with E-state index >= 15 is 0 Å². The fourth-order valence-electron chi connectivity index (χ4n) is 2.17. The van der Waals surface area contributed by atoms with Gasteiger partial charge in [-0.1, -0.05) is 66.0 Å². The van der Waals surface area contributed by atoms with E-state index in [2.05, 4.69) is 52.8 Å². The summed E-state index contributed by atoms with van der Waals surface area (Å²) in [6, 6.07) is 6.65. The topological polar surface area (TPSA) is 42.1 Å². The van der Waals surface area contributed by atoms with Crippen LogP contribution in [0.4, 0.5) is 13.2 Å². The lowest BCUT2D eigenvalue weighted by atomic mass is 9.94. The molecule has 2 aromatic rings. The van der Waals surface area contributed by atoms with Crippen LogP contribution in [0.1, 0.15) is 17.9 Å². The Morgan fingerprint density at radius 2 is 1.87 bits per heavy atom. The molecule has 0 bridgehead atoms. The summed E-state index contributed by atoms with van der Waals surface area (Å²) < 4.78 is 44.2. The lowest BCUT2D eigenvalue weighted by molar-refractivity contribution is -0.166. The Hall–Kier alpha value is -0.540. The molecule has 0 amide bonds. The second kappa shape index (κ2) is 7.14. The van der Waals surface area contributed by atoms with Crippen molar-refractivity contribution < 1.29 is 22.7 Å². The number of carbonyl (C=O) groups is 1. The van der Waals surface area contributed by atoms with E-state index in [9.17, 15) is 18.0 Å². The predicted octanol–water partition coefficient (Wildman–Crippen LogP) is 5.59. The molecule has 0 aliphatic rings. The molecule has 0 spiro atoms. The average Bonchev–Trinajstić information content (AvgIpc) is 2.84. The third-order valence-electron chi connectivity index (χ3n) is 3.16. The van der Waals surface area contributed by atoms with Crippen molar-refractivity contribution in [1.82, 2.24) is 4.98 Å². The van der Waals surface area contributed by atoms with Crippen molar-refractivity contribution in [2.24, 2.45) is 0 Å². The fourth-order valence-corrected chi connectivity index (χ4v) is 2.52. The number of ether oxygens (including phenoxy) is 1. The molecule has 126 valence electrons. The number of halogens is 6. The zero-order valence-corrected chi connectivity index (χ0v) is 16.2. The molecule has 0 saturated carbocycles. The molecular formula is C14H11Br3F3NO2. The van der Waals surface area contributed by atoms with Gasteiger partial charge in [0.25, 0.3) is 0 Å². The van der Waals surface area contributed by atoms with Gasteiger partial charge in [0, 0.05) is 17.1 Å². The maximum absolute atomic E-state index is 13.4. The molecule has 0 aliphatic heterocycles. The minimum atomic E-state index is -4.56. The Labute approximate surface area is 155 Å². The van der Waals surface area contributed by atoms with E-state index in [0.717, 1.165) is 0 Å². The van der Waals surface area contributed by atoms with Gasteiger partial charge in [0.1, 0.15) is 6.61 Å². The Balaban J connectivity index is 2.23. The van der Waals surface area contributed by atoms with Crippen LogP contribution in [-0.2, 0) is 9.53 Å². The van der Waals surface area contributed by atoms with Crippen LogP contribution >= 0.6 is 47.8 Å². The first kappa shape index (κ1) is 18.8. The molecule has 1 aromatic heterocycles. The van der Waals surface area contributed by atoms with Crippen molar-refractivity contribution >= 4 is 64.7 Å². The van der Waals surface area contributed by atoms with E-state index in [0.29, 0.717) is 10.9 Å². The van der Waals surface area contributed by atoms with E-state index < -0.39 is 26.6 Å². The van der Waals surface area contributed by atoms with Crippen molar-refractivity contribution in [3.63, 3.8) is 0 Å². The molecular weight excluding hydrogens is 511 g/mol. The van der Waals surface area contributed by atoms with E-state index in [1.165, 1.54) is 6.20 Å². The lowest BCUT2D eigenvalue weighted by Gasteiger charge is -2.20. The molecule has 0 radical (unpaired) electrons. The number of aromatic nitrogens is 1. The van der Waals surface area contributed by atoms with Crippen molar-refractivity contribution in [3.05, 3.63) is 36.0 Å². The summed E-state index contributed by atoms with van der Waals surface area (Å²) in [7, 11) is 0. The number of aromatic amines is 1. The number of para-hydroxylation sites is 1. The van der Waals surface area contributed by atoms with E-state index in [1.807, 2.05) is 0 Å². The van der Waals surface area contributed by atoms with Gasteiger partial charge >= 0.3 is 12.1 Å². The number of H-pyrrole nitrogens is 1. The molecule has 1 unspecified atom stereocenters. The summed E-state index contributed by atoms with van der Waals surface area (Å²) in [4.78, 5) is 14.6. The number of fused-ring (bicyclic) bond motifs is 1. The minimum absolute atomic E-state index is 0.0350. The van der Waals surface area contributed by atoms with Crippen molar-refractivity contribution in [2.75, 3.05) is 6.61 Å².